The highest BCUT2D eigenvalue weighted by Gasteiger charge is 2.12. The van der Waals surface area contributed by atoms with E-state index in [1.165, 1.54) is 19.2 Å². The first kappa shape index (κ1) is 19.6. The van der Waals surface area contributed by atoms with Gasteiger partial charge in [-0.05, 0) is 43.3 Å². The smallest absolute Gasteiger partial charge is 0.251 e. The summed E-state index contributed by atoms with van der Waals surface area (Å²) in [5, 5.41) is 5.21. The highest BCUT2D eigenvalue weighted by molar-refractivity contribution is 7.89. The van der Waals surface area contributed by atoms with Crippen molar-refractivity contribution in [2.45, 2.75) is 18.4 Å². The topological polar surface area (TPSA) is 104 Å². The largest absolute Gasteiger partial charge is 0.350 e. The average Bonchev–Trinajstić information content (AvgIpc) is 2.65. The van der Waals surface area contributed by atoms with Crippen LogP contribution in [0.3, 0.4) is 0 Å². The van der Waals surface area contributed by atoms with Gasteiger partial charge in [-0.15, -0.1) is 0 Å². The summed E-state index contributed by atoms with van der Waals surface area (Å²) in [5.74, 6) is -0.686. The summed E-state index contributed by atoms with van der Waals surface area (Å²) in [6, 6.07) is 13.4. The summed E-state index contributed by atoms with van der Waals surface area (Å²) in [4.78, 5) is 24.1. The van der Waals surface area contributed by atoms with E-state index < -0.39 is 10.0 Å². The molecule has 0 saturated heterocycles. The molecule has 0 aliphatic rings. The number of rotatable bonds is 7. The lowest BCUT2D eigenvalue weighted by atomic mass is 10.1. The minimum atomic E-state index is -3.54. The second-order valence-corrected chi connectivity index (χ2v) is 7.52. The molecule has 0 unspecified atom stereocenters. The summed E-state index contributed by atoms with van der Waals surface area (Å²) in [5.41, 5.74) is 1.98. The lowest BCUT2D eigenvalue weighted by Crippen LogP contribution is -2.36. The molecule has 0 aliphatic carbocycles. The Morgan fingerprint density at radius 2 is 1.73 bits per heavy atom. The Morgan fingerprint density at radius 3 is 2.42 bits per heavy atom. The predicted molar refractivity (Wildman–Crippen MR) is 98.0 cm³/mol. The van der Waals surface area contributed by atoms with Gasteiger partial charge in [0.2, 0.25) is 15.9 Å². The zero-order valence-corrected chi connectivity index (χ0v) is 15.4. The van der Waals surface area contributed by atoms with Gasteiger partial charge in [0.1, 0.15) is 0 Å². The maximum atomic E-state index is 12.1. The first-order valence-corrected chi connectivity index (χ1v) is 9.45. The third kappa shape index (κ3) is 5.14. The molecule has 0 spiro atoms. The van der Waals surface area contributed by atoms with E-state index in [2.05, 4.69) is 15.4 Å². The Labute approximate surface area is 152 Å². The highest BCUT2D eigenvalue weighted by atomic mass is 32.2. The van der Waals surface area contributed by atoms with Crippen LogP contribution in [0.25, 0.3) is 0 Å². The van der Waals surface area contributed by atoms with Crippen molar-refractivity contribution in [3.8, 4) is 0 Å². The van der Waals surface area contributed by atoms with Crippen LogP contribution in [0.2, 0.25) is 0 Å². The van der Waals surface area contributed by atoms with Crippen LogP contribution in [-0.4, -0.2) is 33.8 Å². The number of hydrogen-bond acceptors (Lipinski definition) is 4. The minimum absolute atomic E-state index is 0.125. The SMILES string of the molecule is CNS(=O)(=O)c1cccc(CNC(=O)CNC(=O)c2ccccc2C)c1. The van der Waals surface area contributed by atoms with Gasteiger partial charge in [0.15, 0.2) is 0 Å². The molecule has 26 heavy (non-hydrogen) atoms. The Balaban J connectivity index is 1.89. The van der Waals surface area contributed by atoms with Crippen LogP contribution in [0.15, 0.2) is 53.4 Å². The van der Waals surface area contributed by atoms with Crippen LogP contribution in [0, 0.1) is 6.92 Å². The Bertz CT molecular complexity index is 910. The quantitative estimate of drug-likeness (QED) is 0.670. The van der Waals surface area contributed by atoms with Gasteiger partial charge in [0.05, 0.1) is 11.4 Å². The summed E-state index contributed by atoms with van der Waals surface area (Å²) in [7, 11) is -2.20. The molecule has 2 aromatic rings. The van der Waals surface area contributed by atoms with Gasteiger partial charge in [-0.2, -0.15) is 0 Å². The van der Waals surface area contributed by atoms with Gasteiger partial charge in [0.25, 0.3) is 5.91 Å². The molecule has 0 saturated carbocycles. The van der Waals surface area contributed by atoms with Crippen molar-refractivity contribution in [1.82, 2.24) is 15.4 Å². The number of carbonyl (C=O) groups excluding carboxylic acids is 2. The Morgan fingerprint density at radius 1 is 1.00 bits per heavy atom. The van der Waals surface area contributed by atoms with Gasteiger partial charge in [-0.25, -0.2) is 13.1 Å². The van der Waals surface area contributed by atoms with Crippen LogP contribution in [0.4, 0.5) is 0 Å². The lowest BCUT2D eigenvalue weighted by Gasteiger charge is -2.09. The van der Waals surface area contributed by atoms with Crippen LogP contribution < -0.4 is 15.4 Å². The van der Waals surface area contributed by atoms with Gasteiger partial charge < -0.3 is 10.6 Å². The van der Waals surface area contributed by atoms with E-state index in [1.807, 2.05) is 19.1 Å². The summed E-state index contributed by atoms with van der Waals surface area (Å²) in [6.07, 6.45) is 0. The molecule has 0 aliphatic heterocycles. The van der Waals surface area contributed by atoms with Crippen LogP contribution in [-0.2, 0) is 21.4 Å². The molecular formula is C18H21N3O4S. The molecule has 0 fully saturated rings. The molecule has 0 atom stereocenters. The van der Waals surface area contributed by atoms with E-state index in [4.69, 9.17) is 0 Å². The fraction of sp³-hybridized carbons (Fsp3) is 0.222. The number of hydrogen-bond donors (Lipinski definition) is 3. The second-order valence-electron chi connectivity index (χ2n) is 5.63. The number of carbonyl (C=O) groups is 2. The average molecular weight is 375 g/mol. The zero-order valence-electron chi connectivity index (χ0n) is 14.6. The number of sulfonamides is 1. The fourth-order valence-electron chi connectivity index (χ4n) is 2.29. The van der Waals surface area contributed by atoms with E-state index in [-0.39, 0.29) is 29.8 Å². The van der Waals surface area contributed by atoms with E-state index >= 15 is 0 Å². The van der Waals surface area contributed by atoms with E-state index in [9.17, 15) is 18.0 Å². The molecule has 3 N–H and O–H groups in total. The van der Waals surface area contributed by atoms with Crippen LogP contribution in [0.5, 0.6) is 0 Å². The summed E-state index contributed by atoms with van der Waals surface area (Å²) in [6.45, 7) is 1.81. The molecule has 138 valence electrons. The molecule has 0 radical (unpaired) electrons. The molecule has 0 bridgehead atoms. The first-order valence-electron chi connectivity index (χ1n) is 7.96. The summed E-state index contributed by atoms with van der Waals surface area (Å²) >= 11 is 0. The Hall–Kier alpha value is -2.71. The van der Waals surface area contributed by atoms with Crippen molar-refractivity contribution < 1.29 is 18.0 Å². The second kappa shape index (κ2) is 8.59. The monoisotopic (exact) mass is 375 g/mol. The van der Waals surface area contributed by atoms with Crippen LogP contribution in [0.1, 0.15) is 21.5 Å². The normalized spacial score (nSPS) is 11.0. The maximum absolute atomic E-state index is 12.1. The fourth-order valence-corrected chi connectivity index (χ4v) is 3.09. The minimum Gasteiger partial charge on any atom is -0.350 e. The third-order valence-electron chi connectivity index (χ3n) is 3.77. The highest BCUT2D eigenvalue weighted by Crippen LogP contribution is 2.11. The molecule has 0 aromatic heterocycles. The van der Waals surface area contributed by atoms with E-state index in [0.717, 1.165) is 5.56 Å². The molecule has 2 rings (SSSR count). The van der Waals surface area contributed by atoms with Crippen LogP contribution >= 0.6 is 0 Å². The van der Waals surface area contributed by atoms with Gasteiger partial charge in [-0.1, -0.05) is 30.3 Å². The molecular weight excluding hydrogens is 354 g/mol. The molecule has 7 nitrogen and oxygen atoms in total. The number of aryl methyl sites for hydroxylation is 1. The van der Waals surface area contributed by atoms with Gasteiger partial charge >= 0.3 is 0 Å². The molecule has 8 heteroatoms. The van der Waals surface area contributed by atoms with Crippen molar-refractivity contribution in [3.05, 3.63) is 65.2 Å². The maximum Gasteiger partial charge on any atom is 0.251 e. The summed E-state index contributed by atoms with van der Waals surface area (Å²) < 4.78 is 25.8. The Kier molecular flexibility index (Phi) is 6.48. The molecule has 2 amide bonds. The predicted octanol–water partition coefficient (Wildman–Crippen LogP) is 0.949. The van der Waals surface area contributed by atoms with Crippen molar-refractivity contribution in [3.63, 3.8) is 0 Å². The van der Waals surface area contributed by atoms with E-state index in [1.54, 1.807) is 24.3 Å². The van der Waals surface area contributed by atoms with Gasteiger partial charge in [0, 0.05) is 12.1 Å². The van der Waals surface area contributed by atoms with Gasteiger partial charge in [-0.3, -0.25) is 9.59 Å². The number of amides is 2. The molecule has 2 aromatic carbocycles. The first-order chi connectivity index (χ1) is 12.3. The number of nitrogens with one attached hydrogen (secondary N) is 3. The lowest BCUT2D eigenvalue weighted by molar-refractivity contribution is -0.120. The number of benzene rings is 2. The van der Waals surface area contributed by atoms with Crippen molar-refractivity contribution >= 4 is 21.8 Å². The van der Waals surface area contributed by atoms with Crippen molar-refractivity contribution in [1.29, 1.82) is 0 Å². The standard InChI is InChI=1S/C18H21N3O4S/c1-13-6-3-4-9-16(13)18(23)21-12-17(22)20-11-14-7-5-8-15(10-14)26(24,25)19-2/h3-10,19H,11-12H2,1-2H3,(H,20,22)(H,21,23). The van der Waals surface area contributed by atoms with E-state index in [0.29, 0.717) is 11.1 Å². The van der Waals surface area contributed by atoms with Crippen molar-refractivity contribution in [2.75, 3.05) is 13.6 Å². The molecule has 0 heterocycles. The third-order valence-corrected chi connectivity index (χ3v) is 5.18. The van der Waals surface area contributed by atoms with Crippen molar-refractivity contribution in [2.24, 2.45) is 0 Å². The zero-order chi connectivity index (χ0) is 19.2.